The summed E-state index contributed by atoms with van der Waals surface area (Å²) in [6.07, 6.45) is 4.56. The molecule has 0 spiro atoms. The molecule has 0 aliphatic carbocycles. The van der Waals surface area contributed by atoms with E-state index in [4.69, 9.17) is 0 Å². The van der Waals surface area contributed by atoms with E-state index in [1.54, 1.807) is 6.26 Å². The lowest BCUT2D eigenvalue weighted by molar-refractivity contribution is -0.130. The molecule has 0 aromatic rings. The van der Waals surface area contributed by atoms with Gasteiger partial charge in [0.05, 0.1) is 12.2 Å². The Kier molecular flexibility index (Phi) is 5.41. The summed E-state index contributed by atoms with van der Waals surface area (Å²) in [5.74, 6) is 0.880. The van der Waals surface area contributed by atoms with Crippen LogP contribution in [0.2, 0.25) is 0 Å². The van der Waals surface area contributed by atoms with Crippen LogP contribution in [0.3, 0.4) is 0 Å². The Hall–Kier alpha value is -0.420. The van der Waals surface area contributed by atoms with Crippen LogP contribution in [-0.4, -0.2) is 45.8 Å². The molecule has 1 fully saturated rings. The second-order valence-electron chi connectivity index (χ2n) is 4.35. The zero-order valence-corrected chi connectivity index (χ0v) is 11.2. The van der Waals surface area contributed by atoms with E-state index in [2.05, 4.69) is 12.2 Å². The van der Waals surface area contributed by atoms with Gasteiger partial charge >= 0.3 is 0 Å². The monoisotopic (exact) mass is 246 g/mol. The second-order valence-corrected chi connectivity index (χ2v) is 5.90. The third kappa shape index (κ3) is 3.56. The van der Waals surface area contributed by atoms with Gasteiger partial charge in [0.2, 0.25) is 5.91 Å². The van der Waals surface area contributed by atoms with Crippen molar-refractivity contribution < 1.29 is 9.00 Å². The maximum atomic E-state index is 12.0. The molecule has 16 heavy (non-hydrogen) atoms. The lowest BCUT2D eigenvalue weighted by atomic mass is 10.2. The highest BCUT2D eigenvalue weighted by atomic mass is 32.2. The molecule has 94 valence electrons. The minimum Gasteiger partial charge on any atom is -0.326 e. The largest absolute Gasteiger partial charge is 0.326 e. The molecule has 0 radical (unpaired) electrons. The predicted molar refractivity (Wildman–Crippen MR) is 66.6 cm³/mol. The topological polar surface area (TPSA) is 49.4 Å². The van der Waals surface area contributed by atoms with Gasteiger partial charge in [0.1, 0.15) is 0 Å². The van der Waals surface area contributed by atoms with Crippen LogP contribution in [0.1, 0.15) is 33.1 Å². The first-order chi connectivity index (χ1) is 7.56. The summed E-state index contributed by atoms with van der Waals surface area (Å²) < 4.78 is 10.9. The lowest BCUT2D eigenvalue weighted by Gasteiger charge is -2.20. The number of amides is 1. The number of rotatable bonds is 6. The van der Waals surface area contributed by atoms with E-state index >= 15 is 0 Å². The SMILES string of the molecule is CCCC1NC(C)N(CCCS(C)=O)C1=O. The van der Waals surface area contributed by atoms with Gasteiger partial charge in [0, 0.05) is 29.4 Å². The van der Waals surface area contributed by atoms with Crippen molar-refractivity contribution in [1.82, 2.24) is 10.2 Å². The van der Waals surface area contributed by atoms with Crippen molar-refractivity contribution in [3.05, 3.63) is 0 Å². The van der Waals surface area contributed by atoms with Crippen LogP contribution in [-0.2, 0) is 15.6 Å². The standard InChI is InChI=1S/C11H22N2O2S/c1-4-6-10-11(14)13(9(2)12-10)7-5-8-16(3)15/h9-10,12H,4-8H2,1-3H3. The van der Waals surface area contributed by atoms with E-state index in [9.17, 15) is 9.00 Å². The third-order valence-corrected chi connectivity index (χ3v) is 3.76. The van der Waals surface area contributed by atoms with Crippen molar-refractivity contribution in [2.24, 2.45) is 0 Å². The van der Waals surface area contributed by atoms with Crippen LogP contribution in [0.25, 0.3) is 0 Å². The summed E-state index contributed by atoms with van der Waals surface area (Å²) in [5, 5.41) is 3.29. The first kappa shape index (κ1) is 13.6. The Morgan fingerprint density at radius 2 is 2.19 bits per heavy atom. The lowest BCUT2D eigenvalue weighted by Crippen LogP contribution is -2.35. The molecule has 0 saturated carbocycles. The van der Waals surface area contributed by atoms with E-state index in [0.29, 0.717) is 12.3 Å². The number of carbonyl (C=O) groups excluding carboxylic acids is 1. The fraction of sp³-hybridized carbons (Fsp3) is 0.909. The van der Waals surface area contributed by atoms with Crippen LogP contribution in [0.5, 0.6) is 0 Å². The highest BCUT2D eigenvalue weighted by molar-refractivity contribution is 7.84. The van der Waals surface area contributed by atoms with Crippen LogP contribution in [0.4, 0.5) is 0 Å². The number of carbonyl (C=O) groups is 1. The van der Waals surface area contributed by atoms with Crippen molar-refractivity contribution in [2.45, 2.75) is 45.3 Å². The molecule has 1 amide bonds. The van der Waals surface area contributed by atoms with Gasteiger partial charge in [-0.25, -0.2) is 0 Å². The number of hydrogen-bond donors (Lipinski definition) is 1. The second kappa shape index (κ2) is 6.35. The smallest absolute Gasteiger partial charge is 0.241 e. The minimum atomic E-state index is -0.759. The molecular formula is C11H22N2O2S. The Morgan fingerprint density at radius 1 is 1.50 bits per heavy atom. The van der Waals surface area contributed by atoms with E-state index in [0.717, 1.165) is 19.3 Å². The molecule has 3 unspecified atom stereocenters. The van der Waals surface area contributed by atoms with Gasteiger partial charge in [-0.2, -0.15) is 0 Å². The van der Waals surface area contributed by atoms with E-state index in [1.807, 2.05) is 11.8 Å². The third-order valence-electron chi connectivity index (χ3n) is 2.90. The first-order valence-electron chi connectivity index (χ1n) is 5.92. The highest BCUT2D eigenvalue weighted by Gasteiger charge is 2.34. The van der Waals surface area contributed by atoms with Crippen LogP contribution in [0.15, 0.2) is 0 Å². The zero-order valence-electron chi connectivity index (χ0n) is 10.4. The summed E-state index contributed by atoms with van der Waals surface area (Å²) in [5.41, 5.74) is 0. The quantitative estimate of drug-likeness (QED) is 0.750. The molecular weight excluding hydrogens is 224 g/mol. The van der Waals surface area contributed by atoms with Crippen molar-refractivity contribution >= 4 is 16.7 Å². The van der Waals surface area contributed by atoms with Gasteiger partial charge in [-0.1, -0.05) is 13.3 Å². The highest BCUT2D eigenvalue weighted by Crippen LogP contribution is 2.14. The molecule has 1 aliphatic rings. The number of hydrogen-bond acceptors (Lipinski definition) is 3. The normalized spacial score (nSPS) is 27.4. The van der Waals surface area contributed by atoms with Gasteiger partial charge in [0.15, 0.2) is 0 Å². The van der Waals surface area contributed by atoms with Gasteiger partial charge in [-0.05, 0) is 19.8 Å². The Morgan fingerprint density at radius 3 is 2.75 bits per heavy atom. The Bertz CT molecular complexity index is 271. The summed E-state index contributed by atoms with van der Waals surface area (Å²) >= 11 is 0. The van der Waals surface area contributed by atoms with Gasteiger partial charge < -0.3 is 4.90 Å². The maximum absolute atomic E-state index is 12.0. The first-order valence-corrected chi connectivity index (χ1v) is 7.65. The predicted octanol–water partition coefficient (Wildman–Crippen LogP) is 0.702. The van der Waals surface area contributed by atoms with E-state index < -0.39 is 10.8 Å². The average Bonchev–Trinajstić information content (AvgIpc) is 2.45. The number of nitrogens with zero attached hydrogens (tertiary/aromatic N) is 1. The Labute approximate surface area is 100 Å². The minimum absolute atomic E-state index is 0.00729. The molecule has 1 N–H and O–H groups in total. The van der Waals surface area contributed by atoms with Crippen LogP contribution >= 0.6 is 0 Å². The zero-order chi connectivity index (χ0) is 12.1. The summed E-state index contributed by atoms with van der Waals surface area (Å²) in [6.45, 7) is 4.81. The van der Waals surface area contributed by atoms with E-state index in [-0.39, 0.29) is 18.1 Å². The van der Waals surface area contributed by atoms with E-state index in [1.165, 1.54) is 0 Å². The molecule has 5 heteroatoms. The van der Waals surface area contributed by atoms with Crippen molar-refractivity contribution in [3.8, 4) is 0 Å². The molecule has 0 bridgehead atoms. The molecule has 3 atom stereocenters. The van der Waals surface area contributed by atoms with Crippen LogP contribution < -0.4 is 5.32 Å². The molecule has 1 aliphatic heterocycles. The fourth-order valence-electron chi connectivity index (χ4n) is 2.08. The van der Waals surface area contributed by atoms with Crippen LogP contribution in [0, 0.1) is 0 Å². The summed E-state index contributed by atoms with van der Waals surface area (Å²) in [4.78, 5) is 13.8. The van der Waals surface area contributed by atoms with Gasteiger partial charge in [-0.15, -0.1) is 0 Å². The molecule has 0 aromatic heterocycles. The van der Waals surface area contributed by atoms with Crippen molar-refractivity contribution in [3.63, 3.8) is 0 Å². The average molecular weight is 246 g/mol. The van der Waals surface area contributed by atoms with Gasteiger partial charge in [-0.3, -0.25) is 14.3 Å². The molecule has 0 aromatic carbocycles. The number of nitrogens with one attached hydrogen (secondary N) is 1. The summed E-state index contributed by atoms with van der Waals surface area (Å²) in [6, 6.07) is -0.00729. The van der Waals surface area contributed by atoms with Crippen molar-refractivity contribution in [2.75, 3.05) is 18.6 Å². The van der Waals surface area contributed by atoms with Crippen molar-refractivity contribution in [1.29, 1.82) is 0 Å². The molecule has 4 nitrogen and oxygen atoms in total. The Balaban J connectivity index is 2.41. The summed E-state index contributed by atoms with van der Waals surface area (Å²) in [7, 11) is -0.759. The fourth-order valence-corrected chi connectivity index (χ4v) is 2.62. The molecule has 1 heterocycles. The molecule has 1 saturated heterocycles. The molecule has 1 rings (SSSR count). The maximum Gasteiger partial charge on any atom is 0.241 e. The van der Waals surface area contributed by atoms with Gasteiger partial charge in [0.25, 0.3) is 0 Å².